The number of nitrogens with zero attached hydrogens (tertiary/aromatic N) is 3. The minimum absolute atomic E-state index is 0.305. The molecule has 1 aliphatic rings. The number of aromatic amines is 1. The molecule has 4 aromatic rings. The van der Waals surface area contributed by atoms with Crippen LogP contribution in [0.3, 0.4) is 0 Å². The van der Waals surface area contributed by atoms with Crippen molar-refractivity contribution >= 4 is 22.5 Å². The number of ketones is 1. The SMILES string of the molecule is COc1ccccc1[C@@H]([C@H](O)C(=O)c1c[nH]c2ccccc12)N1CCN(c2ccccn2)CC1. The zero-order valence-corrected chi connectivity index (χ0v) is 19.1. The summed E-state index contributed by atoms with van der Waals surface area (Å²) < 4.78 is 5.62. The Kier molecular flexibility index (Phi) is 6.29. The minimum atomic E-state index is -1.25. The van der Waals surface area contributed by atoms with Gasteiger partial charge in [0.05, 0.1) is 13.2 Å². The molecule has 0 unspecified atom stereocenters. The number of carbonyl (C=O) groups excluding carboxylic acids is 1. The van der Waals surface area contributed by atoms with E-state index >= 15 is 0 Å². The lowest BCUT2D eigenvalue weighted by Crippen LogP contribution is -2.51. The predicted molar refractivity (Wildman–Crippen MR) is 132 cm³/mol. The fraction of sp³-hybridized carbons (Fsp3) is 0.259. The van der Waals surface area contributed by atoms with Gasteiger partial charge in [0, 0.05) is 60.6 Å². The van der Waals surface area contributed by atoms with Gasteiger partial charge in [0.15, 0.2) is 5.78 Å². The number of rotatable bonds is 7. The Hall–Kier alpha value is -3.68. The maximum absolute atomic E-state index is 13.6. The Morgan fingerprint density at radius 2 is 1.74 bits per heavy atom. The van der Waals surface area contributed by atoms with Gasteiger partial charge < -0.3 is 19.7 Å². The lowest BCUT2D eigenvalue weighted by molar-refractivity contribution is 0.0358. The van der Waals surface area contributed by atoms with Gasteiger partial charge in [-0.2, -0.15) is 0 Å². The van der Waals surface area contributed by atoms with Crippen LogP contribution >= 0.6 is 0 Å². The molecular weight excluding hydrogens is 428 g/mol. The number of methoxy groups -OCH3 is 1. The maximum Gasteiger partial charge on any atom is 0.195 e. The Morgan fingerprint density at radius 3 is 2.50 bits per heavy atom. The number of carbonyl (C=O) groups is 1. The molecule has 2 aromatic carbocycles. The van der Waals surface area contributed by atoms with Crippen molar-refractivity contribution in [2.45, 2.75) is 12.1 Å². The summed E-state index contributed by atoms with van der Waals surface area (Å²) in [4.78, 5) is 25.6. The molecule has 0 radical (unpaired) electrons. The van der Waals surface area contributed by atoms with E-state index in [0.717, 1.165) is 35.4 Å². The quantitative estimate of drug-likeness (QED) is 0.413. The zero-order chi connectivity index (χ0) is 23.5. The van der Waals surface area contributed by atoms with Crippen LogP contribution in [0.4, 0.5) is 5.82 Å². The van der Waals surface area contributed by atoms with E-state index in [9.17, 15) is 9.90 Å². The Morgan fingerprint density at radius 1 is 1.00 bits per heavy atom. The Bertz CT molecular complexity index is 1270. The summed E-state index contributed by atoms with van der Waals surface area (Å²) in [7, 11) is 1.61. The van der Waals surface area contributed by atoms with Crippen LogP contribution in [0.5, 0.6) is 5.75 Å². The molecule has 3 heterocycles. The summed E-state index contributed by atoms with van der Waals surface area (Å²) >= 11 is 0. The van der Waals surface area contributed by atoms with Crippen LogP contribution in [0.15, 0.2) is 79.1 Å². The molecule has 0 amide bonds. The van der Waals surface area contributed by atoms with Crippen LogP contribution in [0.1, 0.15) is 22.0 Å². The second-order valence-corrected chi connectivity index (χ2v) is 8.45. The van der Waals surface area contributed by atoms with E-state index in [2.05, 4.69) is 19.8 Å². The molecule has 1 fully saturated rings. The van der Waals surface area contributed by atoms with Crippen LogP contribution in [-0.2, 0) is 0 Å². The van der Waals surface area contributed by atoms with Crippen molar-refractivity contribution in [1.82, 2.24) is 14.9 Å². The number of aromatic nitrogens is 2. The second-order valence-electron chi connectivity index (χ2n) is 8.45. The molecule has 0 saturated carbocycles. The third-order valence-corrected chi connectivity index (χ3v) is 6.56. The first kappa shape index (κ1) is 22.1. The van der Waals surface area contributed by atoms with E-state index in [1.165, 1.54) is 0 Å². The fourth-order valence-corrected chi connectivity index (χ4v) is 4.83. The van der Waals surface area contributed by atoms with Gasteiger partial charge in [0.1, 0.15) is 17.7 Å². The lowest BCUT2D eigenvalue weighted by atomic mass is 9.92. The average molecular weight is 457 g/mol. The molecule has 7 heteroatoms. The number of pyridine rings is 1. The van der Waals surface area contributed by atoms with Gasteiger partial charge in [-0.05, 0) is 24.3 Å². The molecule has 0 aliphatic carbocycles. The van der Waals surface area contributed by atoms with Crippen molar-refractivity contribution < 1.29 is 14.6 Å². The molecule has 5 rings (SSSR count). The molecule has 2 N–H and O–H groups in total. The number of hydrogen-bond donors (Lipinski definition) is 2. The molecule has 0 bridgehead atoms. The highest BCUT2D eigenvalue weighted by Gasteiger charge is 2.37. The molecule has 174 valence electrons. The van der Waals surface area contributed by atoms with Gasteiger partial charge in [-0.1, -0.05) is 42.5 Å². The second kappa shape index (κ2) is 9.67. The number of ether oxygens (including phenoxy) is 1. The molecule has 34 heavy (non-hydrogen) atoms. The van der Waals surface area contributed by atoms with Gasteiger partial charge in [-0.25, -0.2) is 4.98 Å². The van der Waals surface area contributed by atoms with Crippen LogP contribution in [0.2, 0.25) is 0 Å². The highest BCUT2D eigenvalue weighted by molar-refractivity contribution is 6.10. The molecule has 0 spiro atoms. The number of fused-ring (bicyclic) bond motifs is 1. The summed E-state index contributed by atoms with van der Waals surface area (Å²) in [6, 6.07) is 20.6. The highest BCUT2D eigenvalue weighted by Crippen LogP contribution is 2.35. The predicted octanol–water partition coefficient (Wildman–Crippen LogP) is 3.68. The smallest absolute Gasteiger partial charge is 0.195 e. The van der Waals surface area contributed by atoms with Crippen LogP contribution in [0.25, 0.3) is 10.9 Å². The summed E-state index contributed by atoms with van der Waals surface area (Å²) in [6.45, 7) is 2.85. The van der Waals surface area contributed by atoms with Gasteiger partial charge in [0.2, 0.25) is 0 Å². The van der Waals surface area contributed by atoms with E-state index in [4.69, 9.17) is 4.74 Å². The number of aliphatic hydroxyl groups excluding tert-OH is 1. The third kappa shape index (κ3) is 4.16. The van der Waals surface area contributed by atoms with Crippen molar-refractivity contribution in [2.24, 2.45) is 0 Å². The first-order chi connectivity index (χ1) is 16.7. The van der Waals surface area contributed by atoms with Crippen molar-refractivity contribution in [1.29, 1.82) is 0 Å². The largest absolute Gasteiger partial charge is 0.496 e. The number of anilines is 1. The van der Waals surface area contributed by atoms with E-state index in [0.29, 0.717) is 24.4 Å². The number of H-pyrrole nitrogens is 1. The number of nitrogens with one attached hydrogen (secondary N) is 1. The maximum atomic E-state index is 13.6. The monoisotopic (exact) mass is 456 g/mol. The van der Waals surface area contributed by atoms with Crippen molar-refractivity contribution in [2.75, 3.05) is 38.2 Å². The van der Waals surface area contributed by atoms with Crippen molar-refractivity contribution in [3.63, 3.8) is 0 Å². The van der Waals surface area contributed by atoms with Crippen molar-refractivity contribution in [3.05, 3.63) is 90.3 Å². The molecular formula is C27H28N4O3. The standard InChI is InChI=1S/C27H28N4O3/c1-34-23-11-5-3-9-20(23)25(31-16-14-30(15-17-31)24-12-6-7-13-28-24)27(33)26(32)21-18-29-22-10-4-2-8-19(21)22/h2-13,18,25,27,29,33H,14-17H2,1H3/t25-,27-/m0/s1. The molecule has 1 saturated heterocycles. The number of benzene rings is 2. The molecule has 1 aliphatic heterocycles. The van der Waals surface area contributed by atoms with E-state index in [1.54, 1.807) is 19.5 Å². The first-order valence-electron chi connectivity index (χ1n) is 11.5. The van der Waals surface area contributed by atoms with Crippen molar-refractivity contribution in [3.8, 4) is 5.75 Å². The van der Waals surface area contributed by atoms with E-state index in [1.807, 2.05) is 66.7 Å². The Balaban J connectivity index is 1.46. The van der Waals surface area contributed by atoms with Crippen LogP contribution in [-0.4, -0.2) is 65.2 Å². The summed E-state index contributed by atoms with van der Waals surface area (Å²) in [5, 5.41) is 12.3. The highest BCUT2D eigenvalue weighted by atomic mass is 16.5. The number of Topliss-reactive ketones (excluding diaryl/α,β-unsaturated/α-hetero) is 1. The van der Waals surface area contributed by atoms with Gasteiger partial charge in [-0.15, -0.1) is 0 Å². The number of para-hydroxylation sites is 2. The summed E-state index contributed by atoms with van der Waals surface area (Å²) in [5.74, 6) is 1.29. The number of aliphatic hydroxyl groups is 1. The van der Waals surface area contributed by atoms with Crippen LogP contribution < -0.4 is 9.64 Å². The average Bonchev–Trinajstić information content (AvgIpc) is 3.34. The number of piperazine rings is 1. The fourth-order valence-electron chi connectivity index (χ4n) is 4.83. The first-order valence-corrected chi connectivity index (χ1v) is 11.5. The lowest BCUT2D eigenvalue weighted by Gasteiger charge is -2.41. The van der Waals surface area contributed by atoms with Gasteiger partial charge in [0.25, 0.3) is 0 Å². The number of hydrogen-bond acceptors (Lipinski definition) is 6. The topological polar surface area (TPSA) is 81.7 Å². The third-order valence-electron chi connectivity index (χ3n) is 6.56. The Labute approximate surface area is 198 Å². The zero-order valence-electron chi connectivity index (χ0n) is 19.1. The summed E-state index contributed by atoms with van der Waals surface area (Å²) in [5.41, 5.74) is 2.17. The molecule has 2 atom stereocenters. The minimum Gasteiger partial charge on any atom is -0.496 e. The van der Waals surface area contributed by atoms with Gasteiger partial charge >= 0.3 is 0 Å². The van der Waals surface area contributed by atoms with E-state index < -0.39 is 12.1 Å². The van der Waals surface area contributed by atoms with Crippen LogP contribution in [0, 0.1) is 0 Å². The summed E-state index contributed by atoms with van der Waals surface area (Å²) in [6.07, 6.45) is 2.23. The van der Waals surface area contributed by atoms with E-state index in [-0.39, 0.29) is 5.78 Å². The molecule has 2 aromatic heterocycles. The normalized spacial score (nSPS) is 16.4. The molecule has 7 nitrogen and oxygen atoms in total. The van der Waals surface area contributed by atoms with Gasteiger partial charge in [-0.3, -0.25) is 9.69 Å².